The van der Waals surface area contributed by atoms with Crippen molar-refractivity contribution in [1.82, 2.24) is 5.32 Å². The van der Waals surface area contributed by atoms with Crippen molar-refractivity contribution in [3.05, 3.63) is 64.2 Å². The van der Waals surface area contributed by atoms with Crippen LogP contribution in [0.1, 0.15) is 29.7 Å². The van der Waals surface area contributed by atoms with Gasteiger partial charge in [0.1, 0.15) is 5.75 Å². The molecule has 2 N–H and O–H groups in total. The lowest BCUT2D eigenvalue weighted by Crippen LogP contribution is -2.27. The number of halogens is 1. The van der Waals surface area contributed by atoms with Gasteiger partial charge in [-0.2, -0.15) is 0 Å². The Morgan fingerprint density at radius 3 is 2.86 bits per heavy atom. The van der Waals surface area contributed by atoms with Crippen molar-refractivity contribution in [2.75, 3.05) is 26.3 Å². The minimum atomic E-state index is -0.578. The van der Waals surface area contributed by atoms with Gasteiger partial charge >= 0.3 is 5.97 Å². The molecule has 0 aromatic heterocycles. The zero-order valence-corrected chi connectivity index (χ0v) is 16.7. The average Bonchev–Trinajstić information content (AvgIpc) is 3.08. The maximum atomic E-state index is 11.4. The number of nitrogens with one attached hydrogen (secondary N) is 1. The van der Waals surface area contributed by atoms with E-state index in [1.54, 1.807) is 19.1 Å². The van der Waals surface area contributed by atoms with Crippen LogP contribution in [0.5, 0.6) is 5.75 Å². The molecule has 2 aromatic carbocycles. The lowest BCUT2D eigenvalue weighted by atomic mass is 10.1. The highest BCUT2D eigenvalue weighted by molar-refractivity contribution is 6.30. The minimum Gasteiger partial charge on any atom is -0.482 e. The van der Waals surface area contributed by atoms with E-state index in [9.17, 15) is 9.90 Å². The van der Waals surface area contributed by atoms with Gasteiger partial charge in [0, 0.05) is 11.6 Å². The summed E-state index contributed by atoms with van der Waals surface area (Å²) in [7, 11) is 0. The summed E-state index contributed by atoms with van der Waals surface area (Å²) in [5, 5.41) is 14.3. The predicted octanol–water partition coefficient (Wildman–Crippen LogP) is 3.32. The van der Waals surface area contributed by atoms with Gasteiger partial charge in [-0.05, 0) is 73.2 Å². The van der Waals surface area contributed by atoms with Gasteiger partial charge in [-0.25, -0.2) is 4.79 Å². The molecule has 2 atom stereocenters. The molecule has 0 saturated heterocycles. The van der Waals surface area contributed by atoms with Crippen LogP contribution in [0.2, 0.25) is 5.02 Å². The normalized spacial score (nSPS) is 16.5. The van der Waals surface area contributed by atoms with Crippen LogP contribution in [-0.4, -0.2) is 37.4 Å². The van der Waals surface area contributed by atoms with Gasteiger partial charge in [0.2, 0.25) is 0 Å². The number of hydrogen-bond donors (Lipinski definition) is 2. The Kier molecular flexibility index (Phi) is 7.31. The number of carbonyl (C=O) groups is 1. The number of carbonyl (C=O) groups excluding carboxylic acids is 1. The van der Waals surface area contributed by atoms with Crippen molar-refractivity contribution >= 4 is 17.6 Å². The molecule has 0 unspecified atom stereocenters. The molecule has 5 nitrogen and oxygen atoms in total. The zero-order chi connectivity index (χ0) is 19.9. The molecule has 0 saturated carbocycles. The SMILES string of the molecule is CCOC(=O)COc1ccc2c(c1)C[C@@H](CNC[C@H](O)c1cccc(Cl)c1)C2. The van der Waals surface area contributed by atoms with Crippen LogP contribution in [-0.2, 0) is 22.4 Å². The van der Waals surface area contributed by atoms with Crippen molar-refractivity contribution in [2.45, 2.75) is 25.9 Å². The molecule has 1 aliphatic carbocycles. The smallest absolute Gasteiger partial charge is 0.344 e. The number of fused-ring (bicyclic) bond motifs is 1. The third-order valence-electron chi connectivity index (χ3n) is 4.86. The van der Waals surface area contributed by atoms with Crippen LogP contribution in [0.3, 0.4) is 0 Å². The van der Waals surface area contributed by atoms with E-state index in [4.69, 9.17) is 21.1 Å². The molecule has 0 amide bonds. The first-order valence-corrected chi connectivity index (χ1v) is 9.97. The van der Waals surface area contributed by atoms with E-state index in [0.717, 1.165) is 24.9 Å². The van der Waals surface area contributed by atoms with E-state index in [0.29, 0.717) is 29.8 Å². The molecule has 2 aromatic rings. The molecule has 0 fully saturated rings. The summed E-state index contributed by atoms with van der Waals surface area (Å²) in [4.78, 5) is 11.4. The standard InChI is InChI=1S/C22H26ClNO4/c1-2-27-22(26)14-28-20-7-6-16-8-15(9-18(16)11-20)12-24-13-21(25)17-4-3-5-19(23)10-17/h3-7,10-11,15,21,24-25H,2,8-9,12-14H2,1H3/t15-,21-/m0/s1. The van der Waals surface area contributed by atoms with Gasteiger partial charge in [0.05, 0.1) is 12.7 Å². The Morgan fingerprint density at radius 2 is 2.07 bits per heavy atom. The van der Waals surface area contributed by atoms with Gasteiger partial charge < -0.3 is 19.9 Å². The first-order chi connectivity index (χ1) is 13.5. The molecule has 6 heteroatoms. The van der Waals surface area contributed by atoms with E-state index in [2.05, 4.69) is 11.4 Å². The Morgan fingerprint density at radius 1 is 1.25 bits per heavy atom. The molecular weight excluding hydrogens is 378 g/mol. The first-order valence-electron chi connectivity index (χ1n) is 9.59. The highest BCUT2D eigenvalue weighted by Crippen LogP contribution is 2.29. The average molecular weight is 404 g/mol. The summed E-state index contributed by atoms with van der Waals surface area (Å²) in [6.07, 6.45) is 1.37. The lowest BCUT2D eigenvalue weighted by Gasteiger charge is -2.15. The largest absolute Gasteiger partial charge is 0.482 e. The van der Waals surface area contributed by atoms with E-state index in [-0.39, 0.29) is 12.6 Å². The van der Waals surface area contributed by atoms with Crippen LogP contribution < -0.4 is 10.1 Å². The molecule has 150 valence electrons. The topological polar surface area (TPSA) is 67.8 Å². The van der Waals surface area contributed by atoms with E-state index in [1.165, 1.54) is 11.1 Å². The fourth-order valence-corrected chi connectivity index (χ4v) is 3.72. The fraction of sp³-hybridized carbons (Fsp3) is 0.409. The van der Waals surface area contributed by atoms with Crippen molar-refractivity contribution in [3.63, 3.8) is 0 Å². The summed E-state index contributed by atoms with van der Waals surface area (Å²) in [5.74, 6) is 0.807. The Hall–Kier alpha value is -2.08. The van der Waals surface area contributed by atoms with Crippen LogP contribution in [0.15, 0.2) is 42.5 Å². The summed E-state index contributed by atoms with van der Waals surface area (Å²) < 4.78 is 10.4. The Bertz CT molecular complexity index is 811. The second-order valence-electron chi connectivity index (χ2n) is 7.03. The highest BCUT2D eigenvalue weighted by Gasteiger charge is 2.22. The van der Waals surface area contributed by atoms with E-state index in [1.807, 2.05) is 24.3 Å². The molecule has 0 spiro atoms. The molecular formula is C22H26ClNO4. The molecule has 1 aliphatic rings. The zero-order valence-electron chi connectivity index (χ0n) is 16.0. The van der Waals surface area contributed by atoms with Crippen molar-refractivity contribution in [1.29, 1.82) is 0 Å². The number of hydrogen-bond acceptors (Lipinski definition) is 5. The lowest BCUT2D eigenvalue weighted by molar-refractivity contribution is -0.145. The summed E-state index contributed by atoms with van der Waals surface area (Å²) in [6.45, 7) is 3.37. The van der Waals surface area contributed by atoms with Crippen molar-refractivity contribution in [2.24, 2.45) is 5.92 Å². The third kappa shape index (κ3) is 5.71. The fourth-order valence-electron chi connectivity index (χ4n) is 3.52. The maximum Gasteiger partial charge on any atom is 0.344 e. The highest BCUT2D eigenvalue weighted by atomic mass is 35.5. The molecule has 0 heterocycles. The summed E-state index contributed by atoms with van der Waals surface area (Å²) >= 11 is 5.98. The number of esters is 1. The minimum absolute atomic E-state index is 0.0704. The second-order valence-corrected chi connectivity index (χ2v) is 7.46. The quantitative estimate of drug-likeness (QED) is 0.629. The first kappa shape index (κ1) is 20.6. The molecule has 0 bridgehead atoms. The number of aliphatic hydroxyl groups is 1. The van der Waals surface area contributed by atoms with Gasteiger partial charge in [0.25, 0.3) is 0 Å². The monoisotopic (exact) mass is 403 g/mol. The van der Waals surface area contributed by atoms with Crippen molar-refractivity contribution in [3.8, 4) is 5.75 Å². The van der Waals surface area contributed by atoms with Gasteiger partial charge in [-0.15, -0.1) is 0 Å². The summed E-state index contributed by atoms with van der Waals surface area (Å²) in [6, 6.07) is 13.3. The molecule has 28 heavy (non-hydrogen) atoms. The molecule has 0 aliphatic heterocycles. The maximum absolute atomic E-state index is 11.4. The third-order valence-corrected chi connectivity index (χ3v) is 5.10. The van der Waals surface area contributed by atoms with Crippen molar-refractivity contribution < 1.29 is 19.4 Å². The predicted molar refractivity (Wildman–Crippen MR) is 109 cm³/mol. The Labute approximate surface area is 170 Å². The van der Waals surface area contributed by atoms with E-state index >= 15 is 0 Å². The number of aliphatic hydroxyl groups excluding tert-OH is 1. The second kappa shape index (κ2) is 9.92. The molecule has 0 radical (unpaired) electrons. The number of benzene rings is 2. The van der Waals surface area contributed by atoms with Gasteiger partial charge in [-0.3, -0.25) is 0 Å². The van der Waals surface area contributed by atoms with Gasteiger partial charge in [-0.1, -0.05) is 29.8 Å². The van der Waals surface area contributed by atoms with Crippen LogP contribution in [0.25, 0.3) is 0 Å². The van der Waals surface area contributed by atoms with Crippen LogP contribution >= 0.6 is 11.6 Å². The molecule has 3 rings (SSSR count). The van der Waals surface area contributed by atoms with Crippen LogP contribution in [0.4, 0.5) is 0 Å². The number of ether oxygens (including phenoxy) is 2. The Balaban J connectivity index is 1.45. The number of rotatable bonds is 9. The van der Waals surface area contributed by atoms with Crippen LogP contribution in [0, 0.1) is 5.92 Å². The van der Waals surface area contributed by atoms with E-state index < -0.39 is 6.10 Å². The van der Waals surface area contributed by atoms with Gasteiger partial charge in [0.15, 0.2) is 6.61 Å². The summed E-state index contributed by atoms with van der Waals surface area (Å²) in [5.41, 5.74) is 3.38.